The average Bonchev–Trinajstić information content (AvgIpc) is 2.81. The van der Waals surface area contributed by atoms with Crippen LogP contribution in [0.25, 0.3) is 5.76 Å². The summed E-state index contributed by atoms with van der Waals surface area (Å²) in [5.41, 5.74) is 8.69. The summed E-state index contributed by atoms with van der Waals surface area (Å²) < 4.78 is 0. The van der Waals surface area contributed by atoms with Crippen molar-refractivity contribution < 1.29 is 39.6 Å². The molecule has 12 heteroatoms. The molecule has 0 heterocycles. The predicted octanol–water partition coefficient (Wildman–Crippen LogP) is 0.307. The molecule has 4 rings (SSSR count). The van der Waals surface area contributed by atoms with Gasteiger partial charge in [0.15, 0.2) is 11.4 Å². The Kier molecular flexibility index (Phi) is 6.29. The zero-order valence-corrected chi connectivity index (χ0v) is 20.9. The molecule has 1 fully saturated rings. The number of amides is 1. The summed E-state index contributed by atoms with van der Waals surface area (Å²) >= 11 is 0. The maximum atomic E-state index is 13.8. The third kappa shape index (κ3) is 3.58. The van der Waals surface area contributed by atoms with Crippen LogP contribution in [0.5, 0.6) is 5.75 Å². The number of nitrogens with two attached hydrogens (primary N) is 2. The molecule has 3 aliphatic carbocycles. The molecule has 0 unspecified atom stereocenters. The van der Waals surface area contributed by atoms with Gasteiger partial charge in [-0.1, -0.05) is 5.16 Å². The first kappa shape index (κ1) is 26.2. The van der Waals surface area contributed by atoms with Gasteiger partial charge in [-0.3, -0.25) is 19.3 Å². The second-order valence-electron chi connectivity index (χ2n) is 9.77. The summed E-state index contributed by atoms with van der Waals surface area (Å²) in [5, 5.41) is 48.6. The van der Waals surface area contributed by atoms with Crippen LogP contribution >= 0.6 is 0 Å². The number of nitrogen functional groups attached to an aromatic ring is 1. The molecule has 0 spiro atoms. The molecule has 1 aromatic rings. The Morgan fingerprint density at radius 3 is 2.49 bits per heavy atom. The highest BCUT2D eigenvalue weighted by molar-refractivity contribution is 6.24. The molecule has 4 atom stereocenters. The zero-order chi connectivity index (χ0) is 27.6. The highest BCUT2D eigenvalue weighted by Gasteiger charge is 2.64. The molecule has 1 saturated carbocycles. The summed E-state index contributed by atoms with van der Waals surface area (Å²) in [6.07, 6.45) is 0.106. The van der Waals surface area contributed by atoms with E-state index in [1.54, 1.807) is 27.9 Å². The van der Waals surface area contributed by atoms with Crippen molar-refractivity contribution in [3.05, 3.63) is 39.7 Å². The molecule has 0 radical (unpaired) electrons. The fourth-order valence-corrected chi connectivity index (χ4v) is 5.87. The van der Waals surface area contributed by atoms with Crippen LogP contribution in [0, 0.1) is 11.8 Å². The second kappa shape index (κ2) is 8.89. The van der Waals surface area contributed by atoms with E-state index in [1.807, 2.05) is 0 Å². The number of hydrogen-bond acceptors (Lipinski definition) is 11. The van der Waals surface area contributed by atoms with Crippen molar-refractivity contribution in [1.82, 2.24) is 4.90 Å². The predicted molar refractivity (Wildman–Crippen MR) is 132 cm³/mol. The average molecular weight is 515 g/mol. The molecule has 0 saturated heterocycles. The third-order valence-corrected chi connectivity index (χ3v) is 7.47. The van der Waals surface area contributed by atoms with E-state index in [0.29, 0.717) is 23.4 Å². The van der Waals surface area contributed by atoms with E-state index in [0.717, 1.165) is 0 Å². The fourth-order valence-electron chi connectivity index (χ4n) is 5.87. The number of carbonyl (C=O) groups is 3. The van der Waals surface area contributed by atoms with E-state index in [1.165, 1.54) is 11.0 Å². The number of anilines is 1. The number of carbonyl (C=O) groups excluding carboxylic acids is 3. The largest absolute Gasteiger partial charge is 0.508 e. The number of fused-ring (bicyclic) bond motifs is 3. The summed E-state index contributed by atoms with van der Waals surface area (Å²) in [7, 11) is 3.08. The Morgan fingerprint density at radius 1 is 1.27 bits per heavy atom. The maximum Gasteiger partial charge on any atom is 0.255 e. The van der Waals surface area contributed by atoms with Crippen molar-refractivity contribution in [1.29, 1.82) is 0 Å². The maximum absolute atomic E-state index is 13.8. The van der Waals surface area contributed by atoms with Crippen molar-refractivity contribution in [2.24, 2.45) is 22.7 Å². The van der Waals surface area contributed by atoms with E-state index in [4.69, 9.17) is 16.3 Å². The van der Waals surface area contributed by atoms with Crippen molar-refractivity contribution in [2.45, 2.75) is 38.3 Å². The number of ketones is 2. The number of rotatable bonds is 5. The normalized spacial score (nSPS) is 27.7. The lowest BCUT2D eigenvalue weighted by Crippen LogP contribution is -2.65. The number of phenolic OH excluding ortho intramolecular Hbond substituents is 1. The second-order valence-corrected chi connectivity index (χ2v) is 9.77. The Bertz CT molecular complexity index is 1330. The third-order valence-electron chi connectivity index (χ3n) is 7.47. The van der Waals surface area contributed by atoms with Gasteiger partial charge in [0.25, 0.3) is 5.91 Å². The van der Waals surface area contributed by atoms with Gasteiger partial charge in [0.1, 0.15) is 29.4 Å². The lowest BCUT2D eigenvalue weighted by atomic mass is 9.57. The fraction of sp³-hybridized carbons (Fsp3) is 0.440. The van der Waals surface area contributed by atoms with Crippen LogP contribution in [0.2, 0.25) is 0 Å². The Morgan fingerprint density at radius 2 is 1.92 bits per heavy atom. The van der Waals surface area contributed by atoms with E-state index in [9.17, 15) is 34.8 Å². The van der Waals surface area contributed by atoms with Crippen LogP contribution in [-0.4, -0.2) is 80.9 Å². The first-order chi connectivity index (χ1) is 17.3. The van der Waals surface area contributed by atoms with E-state index >= 15 is 0 Å². The van der Waals surface area contributed by atoms with Crippen molar-refractivity contribution >= 4 is 34.6 Å². The van der Waals surface area contributed by atoms with Crippen LogP contribution in [0.15, 0.2) is 28.1 Å². The highest BCUT2D eigenvalue weighted by atomic mass is 16.6. The van der Waals surface area contributed by atoms with Crippen LogP contribution in [-0.2, 0) is 25.6 Å². The molecule has 1 aromatic carbocycles. The zero-order valence-electron chi connectivity index (χ0n) is 20.9. The van der Waals surface area contributed by atoms with E-state index in [-0.39, 0.29) is 29.7 Å². The molecule has 0 aromatic heterocycles. The van der Waals surface area contributed by atoms with Gasteiger partial charge in [-0.2, -0.15) is 0 Å². The lowest BCUT2D eigenvalue weighted by molar-refractivity contribution is -0.153. The summed E-state index contributed by atoms with van der Waals surface area (Å²) in [6.45, 7) is 3.73. The smallest absolute Gasteiger partial charge is 0.255 e. The van der Waals surface area contributed by atoms with Crippen molar-refractivity contribution in [3.8, 4) is 5.75 Å². The number of hydrogen-bond donors (Lipinski definition) is 6. The van der Waals surface area contributed by atoms with Gasteiger partial charge >= 0.3 is 0 Å². The van der Waals surface area contributed by atoms with Gasteiger partial charge in [0, 0.05) is 17.1 Å². The monoisotopic (exact) mass is 514 g/mol. The van der Waals surface area contributed by atoms with Gasteiger partial charge < -0.3 is 36.7 Å². The summed E-state index contributed by atoms with van der Waals surface area (Å²) in [4.78, 5) is 45.6. The van der Waals surface area contributed by atoms with Gasteiger partial charge in [-0.15, -0.1) is 0 Å². The molecule has 198 valence electrons. The highest BCUT2D eigenvalue weighted by Crippen LogP contribution is 2.53. The molecule has 3 aliphatic rings. The minimum atomic E-state index is -2.70. The Labute approximate surface area is 212 Å². The van der Waals surface area contributed by atoms with Crippen LogP contribution in [0.3, 0.4) is 0 Å². The van der Waals surface area contributed by atoms with Crippen LogP contribution in [0.4, 0.5) is 5.69 Å². The SMILES string of the molecule is CCO/N=C(\C)c1cc(N)c(O)c2c1C[C@H]1C[C@H]3[C@H](N(C)C)C(=O)C(C(N)=O)=C(O)[C@@]3(O)C(=O)C1=C2O. The number of aliphatic hydroxyl groups is 3. The molecular weight excluding hydrogens is 484 g/mol. The quantitative estimate of drug-likeness (QED) is 0.104. The van der Waals surface area contributed by atoms with Gasteiger partial charge in [-0.25, -0.2) is 0 Å². The molecule has 0 aliphatic heterocycles. The molecule has 37 heavy (non-hydrogen) atoms. The van der Waals surface area contributed by atoms with Crippen molar-refractivity contribution in [3.63, 3.8) is 0 Å². The van der Waals surface area contributed by atoms with Gasteiger partial charge in [0.05, 0.1) is 23.0 Å². The number of oxime groups is 1. The molecule has 1 amide bonds. The first-order valence-corrected chi connectivity index (χ1v) is 11.7. The lowest BCUT2D eigenvalue weighted by Gasteiger charge is -2.50. The van der Waals surface area contributed by atoms with Crippen LogP contribution < -0.4 is 11.5 Å². The molecule has 0 bridgehead atoms. The Balaban J connectivity index is 1.99. The topological polar surface area (TPSA) is 209 Å². The van der Waals surface area contributed by atoms with Crippen molar-refractivity contribution in [2.75, 3.05) is 26.4 Å². The van der Waals surface area contributed by atoms with Gasteiger partial charge in [-0.05, 0) is 58.3 Å². The minimum Gasteiger partial charge on any atom is -0.508 e. The number of primary amides is 1. The number of likely N-dealkylation sites (N-methyl/N-ethyl adjacent to an activating group) is 1. The number of aliphatic hydroxyl groups excluding tert-OH is 2. The number of nitrogens with zero attached hydrogens (tertiary/aromatic N) is 2. The van der Waals surface area contributed by atoms with E-state index in [2.05, 4.69) is 5.16 Å². The number of benzene rings is 1. The van der Waals surface area contributed by atoms with E-state index < -0.39 is 63.8 Å². The number of Topliss-reactive ketones (excluding diaryl/α,β-unsaturated/α-hetero) is 2. The number of aromatic hydroxyl groups is 1. The minimum absolute atomic E-state index is 0.0159. The van der Waals surface area contributed by atoms with Crippen LogP contribution in [0.1, 0.15) is 37.0 Å². The number of phenols is 1. The summed E-state index contributed by atoms with van der Waals surface area (Å²) in [5.74, 6) is -7.27. The molecule has 8 N–H and O–H groups in total. The van der Waals surface area contributed by atoms with Gasteiger partial charge in [0.2, 0.25) is 5.78 Å². The molecule has 12 nitrogen and oxygen atoms in total. The standard InChI is InChI=1S/C25H30N4O8/c1-5-37-28-9(2)11-8-14(26)19(30)16-12(11)6-10-7-13-18(29(3)4)21(32)17(24(27)35)23(34)25(13,36)22(33)15(10)20(16)31/h8,10,13,18,30-31,34,36H,5-7,26H2,1-4H3,(H2,27,35)/b28-9+/t10-,13-,18-,25-/m0/s1. The Hall–Kier alpha value is -3.90. The first-order valence-electron chi connectivity index (χ1n) is 11.7. The summed E-state index contributed by atoms with van der Waals surface area (Å²) in [6, 6.07) is 0.337. The molecular formula is C25H30N4O8.